The van der Waals surface area contributed by atoms with Gasteiger partial charge in [0.15, 0.2) is 4.77 Å². The van der Waals surface area contributed by atoms with Gasteiger partial charge in [0.2, 0.25) is 10.0 Å². The summed E-state index contributed by atoms with van der Waals surface area (Å²) in [6.45, 7) is 1.49. The molecule has 0 amide bonds. The number of nitrogens with zero attached hydrogens (tertiary/aromatic N) is 4. The molecule has 0 spiro atoms. The second-order valence-electron chi connectivity index (χ2n) is 7.71. The van der Waals surface area contributed by atoms with Crippen molar-refractivity contribution in [1.82, 2.24) is 13.4 Å². The number of sulfonamides is 1. The Morgan fingerprint density at radius 3 is 2.68 bits per heavy atom. The van der Waals surface area contributed by atoms with E-state index in [1.165, 1.54) is 4.31 Å². The Labute approximate surface area is 188 Å². The summed E-state index contributed by atoms with van der Waals surface area (Å²) in [5.74, 6) is 0.778. The minimum absolute atomic E-state index is 0.332. The Balaban J connectivity index is 1.62. The second kappa shape index (κ2) is 8.49. The molecule has 2 aromatic carbocycles. The van der Waals surface area contributed by atoms with Crippen LogP contribution in [0.1, 0.15) is 12.0 Å². The van der Waals surface area contributed by atoms with Gasteiger partial charge in [0.1, 0.15) is 5.75 Å². The molecule has 1 aromatic heterocycles. The highest BCUT2D eigenvalue weighted by Crippen LogP contribution is 2.30. The largest absolute Gasteiger partial charge is 0.497 e. The first-order valence-electron chi connectivity index (χ1n) is 10.0. The Bertz CT molecular complexity index is 1260. The molecule has 0 unspecified atom stereocenters. The molecule has 7 nitrogen and oxygen atoms in total. The second-order valence-corrected chi connectivity index (χ2v) is 10.2. The SMILES string of the molecule is COc1cccc(-n2ccn(CN3CCCc4cc(S(=O)(=O)N(C)C)ccc43)c2=S)c1. The number of rotatable bonds is 6. The number of ether oxygens (including phenoxy) is 1. The summed E-state index contributed by atoms with van der Waals surface area (Å²) in [7, 11) is 1.30. The monoisotopic (exact) mass is 458 g/mol. The number of aryl methyl sites for hydroxylation is 1. The zero-order valence-electron chi connectivity index (χ0n) is 17.9. The number of methoxy groups -OCH3 is 1. The molecule has 0 aliphatic carbocycles. The van der Waals surface area contributed by atoms with Crippen LogP contribution in [0.4, 0.5) is 5.69 Å². The fourth-order valence-electron chi connectivity index (χ4n) is 3.83. The summed E-state index contributed by atoms with van der Waals surface area (Å²) >= 11 is 5.73. The Kier molecular flexibility index (Phi) is 5.92. The van der Waals surface area contributed by atoms with Crippen molar-refractivity contribution in [2.24, 2.45) is 0 Å². The predicted molar refractivity (Wildman–Crippen MR) is 124 cm³/mol. The normalized spacial score (nSPS) is 14.0. The standard InChI is InChI=1S/C22H26N4O3S2/c1-23(2)31(27,28)20-9-10-21-17(14-20)6-5-11-24(21)16-25-12-13-26(22(25)30)18-7-4-8-19(15-18)29-3/h4,7-10,12-15H,5-6,11,16H2,1-3H3. The average molecular weight is 459 g/mol. The van der Waals surface area contributed by atoms with E-state index in [4.69, 9.17) is 17.0 Å². The zero-order valence-corrected chi connectivity index (χ0v) is 19.5. The van der Waals surface area contributed by atoms with Crippen molar-refractivity contribution in [1.29, 1.82) is 0 Å². The molecule has 0 N–H and O–H groups in total. The van der Waals surface area contributed by atoms with Crippen LogP contribution in [0.3, 0.4) is 0 Å². The lowest BCUT2D eigenvalue weighted by atomic mass is 10.0. The van der Waals surface area contributed by atoms with Crippen LogP contribution in [-0.4, -0.2) is 49.6 Å². The van der Waals surface area contributed by atoms with E-state index in [0.29, 0.717) is 16.3 Å². The van der Waals surface area contributed by atoms with Crippen LogP contribution in [0.5, 0.6) is 5.75 Å². The van der Waals surface area contributed by atoms with Crippen molar-refractivity contribution in [3.63, 3.8) is 0 Å². The number of hydrogen-bond acceptors (Lipinski definition) is 5. The lowest BCUT2D eigenvalue weighted by molar-refractivity contribution is 0.414. The number of imidazole rings is 1. The van der Waals surface area contributed by atoms with Gasteiger partial charge in [0.05, 0.1) is 24.4 Å². The highest BCUT2D eigenvalue weighted by atomic mass is 32.2. The van der Waals surface area contributed by atoms with Crippen LogP contribution in [-0.2, 0) is 23.1 Å². The predicted octanol–water partition coefficient (Wildman–Crippen LogP) is 3.68. The van der Waals surface area contributed by atoms with Gasteiger partial charge in [-0.05, 0) is 61.0 Å². The molecule has 0 saturated heterocycles. The van der Waals surface area contributed by atoms with Crippen molar-refractivity contribution < 1.29 is 13.2 Å². The van der Waals surface area contributed by atoms with E-state index in [-0.39, 0.29) is 0 Å². The van der Waals surface area contributed by atoms with Crippen molar-refractivity contribution in [2.45, 2.75) is 24.4 Å². The molecule has 4 rings (SSSR count). The average Bonchev–Trinajstić information content (AvgIpc) is 3.13. The third-order valence-electron chi connectivity index (χ3n) is 5.55. The van der Waals surface area contributed by atoms with Gasteiger partial charge in [0, 0.05) is 44.8 Å². The number of hydrogen-bond donors (Lipinski definition) is 0. The zero-order chi connectivity index (χ0) is 22.2. The highest BCUT2D eigenvalue weighted by molar-refractivity contribution is 7.89. The van der Waals surface area contributed by atoms with E-state index in [2.05, 4.69) is 4.90 Å². The molecule has 0 saturated carbocycles. The first-order valence-corrected chi connectivity index (χ1v) is 11.9. The molecule has 1 aliphatic heterocycles. The third kappa shape index (κ3) is 4.13. The van der Waals surface area contributed by atoms with Crippen LogP contribution in [0.25, 0.3) is 5.69 Å². The molecule has 0 bridgehead atoms. The first kappa shape index (κ1) is 21.6. The van der Waals surface area contributed by atoms with Crippen LogP contribution < -0.4 is 9.64 Å². The summed E-state index contributed by atoms with van der Waals surface area (Å²) in [5.41, 5.74) is 3.05. The van der Waals surface area contributed by atoms with Gasteiger partial charge in [-0.2, -0.15) is 0 Å². The van der Waals surface area contributed by atoms with Gasteiger partial charge in [0.25, 0.3) is 0 Å². The molecule has 0 radical (unpaired) electrons. The molecule has 2 heterocycles. The Morgan fingerprint density at radius 2 is 1.94 bits per heavy atom. The maximum Gasteiger partial charge on any atom is 0.242 e. The van der Waals surface area contributed by atoms with E-state index in [1.54, 1.807) is 33.3 Å². The van der Waals surface area contributed by atoms with Crippen LogP contribution in [0, 0.1) is 4.77 Å². The number of anilines is 1. The molecular weight excluding hydrogens is 432 g/mol. The van der Waals surface area contributed by atoms with Crippen molar-refractivity contribution in [3.05, 3.63) is 65.2 Å². The van der Waals surface area contributed by atoms with Crippen LogP contribution in [0.2, 0.25) is 0 Å². The highest BCUT2D eigenvalue weighted by Gasteiger charge is 2.23. The van der Waals surface area contributed by atoms with Crippen molar-refractivity contribution in [3.8, 4) is 11.4 Å². The fourth-order valence-corrected chi connectivity index (χ4v) is 5.07. The van der Waals surface area contributed by atoms with Gasteiger partial charge < -0.3 is 14.2 Å². The molecule has 164 valence electrons. The maximum absolute atomic E-state index is 12.5. The lowest BCUT2D eigenvalue weighted by Gasteiger charge is -2.32. The van der Waals surface area contributed by atoms with Crippen LogP contribution >= 0.6 is 12.2 Å². The Morgan fingerprint density at radius 1 is 1.13 bits per heavy atom. The van der Waals surface area contributed by atoms with Gasteiger partial charge in [-0.3, -0.25) is 4.57 Å². The molecule has 31 heavy (non-hydrogen) atoms. The summed E-state index contributed by atoms with van der Waals surface area (Å²) in [5, 5.41) is 0. The number of aromatic nitrogens is 2. The summed E-state index contributed by atoms with van der Waals surface area (Å²) in [4.78, 5) is 2.58. The van der Waals surface area contributed by atoms with E-state index in [1.807, 2.05) is 51.9 Å². The topological polar surface area (TPSA) is 59.7 Å². The minimum Gasteiger partial charge on any atom is -0.497 e. The van der Waals surface area contributed by atoms with Crippen molar-refractivity contribution >= 4 is 27.9 Å². The molecule has 0 atom stereocenters. The molecule has 9 heteroatoms. The molecule has 3 aromatic rings. The molecular formula is C22H26N4O3S2. The Hall–Kier alpha value is -2.62. The summed E-state index contributed by atoms with van der Waals surface area (Å²) < 4.78 is 36.2. The van der Waals surface area contributed by atoms with Gasteiger partial charge in [-0.1, -0.05) is 6.07 Å². The number of benzene rings is 2. The summed E-state index contributed by atoms with van der Waals surface area (Å²) in [6, 6.07) is 13.2. The van der Waals surface area contributed by atoms with Crippen LogP contribution in [0.15, 0.2) is 59.8 Å². The van der Waals surface area contributed by atoms with E-state index in [9.17, 15) is 8.42 Å². The minimum atomic E-state index is -3.45. The lowest BCUT2D eigenvalue weighted by Crippen LogP contribution is -2.31. The smallest absolute Gasteiger partial charge is 0.242 e. The van der Waals surface area contributed by atoms with Gasteiger partial charge in [-0.25, -0.2) is 12.7 Å². The van der Waals surface area contributed by atoms with Gasteiger partial charge in [-0.15, -0.1) is 0 Å². The van der Waals surface area contributed by atoms with E-state index >= 15 is 0 Å². The maximum atomic E-state index is 12.5. The quantitative estimate of drug-likeness (QED) is 0.528. The van der Waals surface area contributed by atoms with Gasteiger partial charge >= 0.3 is 0 Å². The van der Waals surface area contributed by atoms with E-state index < -0.39 is 10.0 Å². The van der Waals surface area contributed by atoms with Crippen molar-refractivity contribution in [2.75, 3.05) is 32.6 Å². The molecule has 1 aliphatic rings. The first-order chi connectivity index (χ1) is 14.8. The molecule has 0 fully saturated rings. The third-order valence-corrected chi connectivity index (χ3v) is 7.79. The number of fused-ring (bicyclic) bond motifs is 1. The fraction of sp³-hybridized carbons (Fsp3) is 0.318. The summed E-state index contributed by atoms with van der Waals surface area (Å²) in [6.07, 6.45) is 5.75. The van der Waals surface area contributed by atoms with E-state index in [0.717, 1.165) is 42.1 Å².